The van der Waals surface area contributed by atoms with Crippen LogP contribution in [0.3, 0.4) is 0 Å². The number of benzene rings is 1. The average molecular weight is 189 g/mol. The van der Waals surface area contributed by atoms with E-state index >= 15 is 0 Å². The van der Waals surface area contributed by atoms with Gasteiger partial charge in [-0.1, -0.05) is 0 Å². The minimum Gasteiger partial charge on any atom is -0.487 e. The molecule has 13 heavy (non-hydrogen) atoms. The predicted octanol–water partition coefficient (Wildman–Crippen LogP) is 2.69. The normalized spacial score (nSPS) is 10.6. The largest absolute Gasteiger partial charge is 0.487 e. The van der Waals surface area contributed by atoms with Crippen molar-refractivity contribution in [3.63, 3.8) is 0 Å². The van der Waals surface area contributed by atoms with E-state index in [9.17, 15) is 13.2 Å². The van der Waals surface area contributed by atoms with Gasteiger partial charge in [-0.3, -0.25) is 0 Å². The molecule has 0 aromatic heterocycles. The van der Waals surface area contributed by atoms with Crippen molar-refractivity contribution >= 4 is 0 Å². The Kier molecular flexibility index (Phi) is 2.80. The van der Waals surface area contributed by atoms with E-state index in [4.69, 9.17) is 4.74 Å². The molecule has 1 nitrogen and oxygen atoms in total. The molecule has 1 aromatic rings. The Labute approximate surface area is 74.1 Å². The molecule has 0 saturated heterocycles. The summed E-state index contributed by atoms with van der Waals surface area (Å²) < 4.78 is 42.7. The van der Waals surface area contributed by atoms with Gasteiger partial charge >= 0.3 is 0 Å². The summed E-state index contributed by atoms with van der Waals surface area (Å²) >= 11 is 0. The zero-order valence-electron chi connectivity index (χ0n) is 7.20. The maximum atomic E-state index is 12.9. The van der Waals surface area contributed by atoms with Gasteiger partial charge in [0.1, 0.15) is 0 Å². The van der Waals surface area contributed by atoms with Crippen molar-refractivity contribution in [2.24, 2.45) is 0 Å². The Bertz CT molecular complexity index is 310. The van der Waals surface area contributed by atoms with Crippen LogP contribution in [0.4, 0.5) is 13.2 Å². The van der Waals surface area contributed by atoms with Crippen LogP contribution >= 0.6 is 0 Å². The van der Waals surface area contributed by atoms with Crippen LogP contribution in [-0.4, -0.2) is 6.10 Å². The number of halogens is 3. The smallest absolute Gasteiger partial charge is 0.204 e. The molecule has 0 fully saturated rings. The molecule has 0 bridgehead atoms. The Morgan fingerprint density at radius 1 is 1.23 bits per heavy atom. The van der Waals surface area contributed by atoms with Crippen molar-refractivity contribution < 1.29 is 17.9 Å². The lowest BCUT2D eigenvalue weighted by Crippen LogP contribution is -2.08. The number of rotatable bonds is 2. The first-order chi connectivity index (χ1) is 6.02. The van der Waals surface area contributed by atoms with Crippen molar-refractivity contribution in [3.05, 3.63) is 29.6 Å². The van der Waals surface area contributed by atoms with Crippen molar-refractivity contribution in [1.82, 2.24) is 0 Å². The van der Waals surface area contributed by atoms with Crippen LogP contribution in [-0.2, 0) is 0 Å². The lowest BCUT2D eigenvalue weighted by molar-refractivity contribution is 0.225. The first-order valence-corrected chi connectivity index (χ1v) is 3.74. The standard InChI is InChI=1S/C9H8F3O/c1-5(2)13-7-4-3-6(10)8(11)9(7)12/h3,5H,1-2H3. The number of hydrogen-bond acceptors (Lipinski definition) is 1. The minimum atomic E-state index is -1.53. The van der Waals surface area contributed by atoms with Crippen LogP contribution < -0.4 is 4.74 Å². The summed E-state index contributed by atoms with van der Waals surface area (Å²) in [5.74, 6) is -4.54. The van der Waals surface area contributed by atoms with E-state index in [1.54, 1.807) is 13.8 Å². The van der Waals surface area contributed by atoms with Crippen LogP contribution in [0.5, 0.6) is 5.75 Å². The molecule has 0 atom stereocenters. The molecule has 0 aliphatic carbocycles. The van der Waals surface area contributed by atoms with Crippen LogP contribution in [0.15, 0.2) is 6.07 Å². The van der Waals surface area contributed by atoms with Gasteiger partial charge in [-0.25, -0.2) is 8.78 Å². The van der Waals surface area contributed by atoms with Gasteiger partial charge in [-0.2, -0.15) is 4.39 Å². The number of ether oxygens (including phenoxy) is 1. The van der Waals surface area contributed by atoms with Crippen LogP contribution in [0.2, 0.25) is 0 Å². The van der Waals surface area contributed by atoms with Crippen LogP contribution in [0.25, 0.3) is 0 Å². The Balaban J connectivity index is 3.04. The van der Waals surface area contributed by atoms with E-state index in [0.717, 1.165) is 0 Å². The van der Waals surface area contributed by atoms with Gasteiger partial charge in [-0.15, -0.1) is 0 Å². The summed E-state index contributed by atoms with van der Waals surface area (Å²) in [5, 5.41) is 0. The van der Waals surface area contributed by atoms with Gasteiger partial charge in [0.2, 0.25) is 5.82 Å². The maximum Gasteiger partial charge on any atom is 0.204 e. The molecule has 0 saturated carbocycles. The molecule has 71 valence electrons. The molecule has 1 radical (unpaired) electrons. The zero-order chi connectivity index (χ0) is 10.0. The van der Waals surface area contributed by atoms with Crippen molar-refractivity contribution in [3.8, 4) is 5.75 Å². The molecule has 1 rings (SSSR count). The third kappa shape index (κ3) is 2.14. The topological polar surface area (TPSA) is 9.23 Å². The Morgan fingerprint density at radius 3 is 2.38 bits per heavy atom. The van der Waals surface area contributed by atoms with Gasteiger partial charge in [0.15, 0.2) is 17.4 Å². The maximum absolute atomic E-state index is 12.9. The highest BCUT2D eigenvalue weighted by Crippen LogP contribution is 2.21. The molecule has 0 amide bonds. The minimum absolute atomic E-state index is 0.310. The quantitative estimate of drug-likeness (QED) is 0.650. The summed E-state index contributed by atoms with van der Waals surface area (Å²) in [6.07, 6.45) is -0.310. The molecule has 4 heteroatoms. The first-order valence-electron chi connectivity index (χ1n) is 3.74. The molecular formula is C9H8F3O. The van der Waals surface area contributed by atoms with Gasteiger partial charge in [-0.05, 0) is 19.9 Å². The second kappa shape index (κ2) is 3.68. The third-order valence-electron chi connectivity index (χ3n) is 1.29. The fourth-order valence-corrected chi connectivity index (χ4v) is 0.782. The summed E-state index contributed by atoms with van der Waals surface area (Å²) in [7, 11) is 0. The van der Waals surface area contributed by atoms with Gasteiger partial charge < -0.3 is 4.74 Å². The van der Waals surface area contributed by atoms with E-state index in [2.05, 4.69) is 6.07 Å². The summed E-state index contributed by atoms with van der Waals surface area (Å²) in [5.41, 5.74) is 0. The van der Waals surface area contributed by atoms with Gasteiger partial charge in [0, 0.05) is 6.07 Å². The Hall–Kier alpha value is -1.19. The lowest BCUT2D eigenvalue weighted by atomic mass is 10.3. The molecule has 0 spiro atoms. The second-order valence-corrected chi connectivity index (χ2v) is 2.76. The molecule has 0 aliphatic heterocycles. The SMILES string of the molecule is CC(C)Oc1[c]cc(F)c(F)c1F. The van der Waals surface area contributed by atoms with E-state index in [1.165, 1.54) is 0 Å². The van der Waals surface area contributed by atoms with E-state index in [1.807, 2.05) is 0 Å². The van der Waals surface area contributed by atoms with Gasteiger partial charge in [0.05, 0.1) is 6.10 Å². The van der Waals surface area contributed by atoms with E-state index in [0.29, 0.717) is 6.07 Å². The first kappa shape index (κ1) is 9.89. The molecular weight excluding hydrogens is 181 g/mol. The van der Waals surface area contributed by atoms with Crippen LogP contribution in [0, 0.1) is 23.5 Å². The van der Waals surface area contributed by atoms with E-state index in [-0.39, 0.29) is 6.10 Å². The highest BCUT2D eigenvalue weighted by Gasteiger charge is 2.15. The molecule has 0 aliphatic rings. The summed E-state index contributed by atoms with van der Waals surface area (Å²) in [6.45, 7) is 3.29. The summed E-state index contributed by atoms with van der Waals surface area (Å²) in [4.78, 5) is 0. The highest BCUT2D eigenvalue weighted by molar-refractivity contribution is 5.24. The van der Waals surface area contributed by atoms with Gasteiger partial charge in [0.25, 0.3) is 0 Å². The van der Waals surface area contributed by atoms with Crippen LogP contribution in [0.1, 0.15) is 13.8 Å². The third-order valence-corrected chi connectivity index (χ3v) is 1.29. The van der Waals surface area contributed by atoms with E-state index < -0.39 is 23.2 Å². The molecule has 0 N–H and O–H groups in total. The fourth-order valence-electron chi connectivity index (χ4n) is 0.782. The number of hydrogen-bond donors (Lipinski definition) is 0. The van der Waals surface area contributed by atoms with Crippen molar-refractivity contribution in [2.45, 2.75) is 20.0 Å². The highest BCUT2D eigenvalue weighted by atomic mass is 19.2. The fraction of sp³-hybridized carbons (Fsp3) is 0.333. The molecule has 0 unspecified atom stereocenters. The zero-order valence-corrected chi connectivity index (χ0v) is 7.20. The van der Waals surface area contributed by atoms with Crippen molar-refractivity contribution in [1.29, 1.82) is 0 Å². The Morgan fingerprint density at radius 2 is 1.85 bits per heavy atom. The molecule has 0 heterocycles. The molecule has 1 aromatic carbocycles. The average Bonchev–Trinajstić information content (AvgIpc) is 2.06. The van der Waals surface area contributed by atoms with Crippen molar-refractivity contribution in [2.75, 3.05) is 0 Å². The second-order valence-electron chi connectivity index (χ2n) is 2.76. The summed E-state index contributed by atoms with van der Waals surface area (Å²) in [6, 6.07) is 2.87. The lowest BCUT2D eigenvalue weighted by Gasteiger charge is -2.10. The monoisotopic (exact) mass is 189 g/mol. The predicted molar refractivity (Wildman–Crippen MR) is 40.9 cm³/mol.